The molecule has 1 aromatic heterocycles. The van der Waals surface area contributed by atoms with E-state index in [-0.39, 0.29) is 30.3 Å². The maximum atomic E-state index is 11.6. The van der Waals surface area contributed by atoms with Crippen LogP contribution >= 0.6 is 11.3 Å². The number of hydrogen-bond donors (Lipinski definition) is 3. The SMILES string of the molecule is O=C(CCNC(=O)c1cccs1)NCC1(CO)CC1. The molecular formula is C13H18N2O3S. The van der Waals surface area contributed by atoms with Crippen LogP contribution in [0.1, 0.15) is 28.9 Å². The first-order valence-corrected chi connectivity index (χ1v) is 7.22. The summed E-state index contributed by atoms with van der Waals surface area (Å²) in [6.45, 7) is 0.984. The van der Waals surface area contributed by atoms with Crippen molar-refractivity contribution in [1.82, 2.24) is 10.6 Å². The Kier molecular flexibility index (Phi) is 4.55. The molecule has 1 fully saturated rings. The lowest BCUT2D eigenvalue weighted by Crippen LogP contribution is -2.34. The van der Waals surface area contributed by atoms with E-state index in [2.05, 4.69) is 10.6 Å². The van der Waals surface area contributed by atoms with Gasteiger partial charge in [-0.05, 0) is 24.3 Å². The maximum absolute atomic E-state index is 11.6. The van der Waals surface area contributed by atoms with Gasteiger partial charge in [-0.2, -0.15) is 0 Å². The topological polar surface area (TPSA) is 78.4 Å². The quantitative estimate of drug-likeness (QED) is 0.691. The van der Waals surface area contributed by atoms with Crippen LogP contribution in [0.15, 0.2) is 17.5 Å². The van der Waals surface area contributed by atoms with E-state index >= 15 is 0 Å². The third-order valence-corrected chi connectivity index (χ3v) is 4.20. The summed E-state index contributed by atoms with van der Waals surface area (Å²) < 4.78 is 0. The highest BCUT2D eigenvalue weighted by molar-refractivity contribution is 7.12. The molecule has 0 saturated heterocycles. The van der Waals surface area contributed by atoms with E-state index < -0.39 is 0 Å². The van der Waals surface area contributed by atoms with Gasteiger partial charge < -0.3 is 15.7 Å². The van der Waals surface area contributed by atoms with Crippen molar-refractivity contribution in [3.63, 3.8) is 0 Å². The van der Waals surface area contributed by atoms with Crippen molar-refractivity contribution in [1.29, 1.82) is 0 Å². The molecule has 104 valence electrons. The number of hydrogen-bond acceptors (Lipinski definition) is 4. The molecule has 6 heteroatoms. The molecule has 2 amide bonds. The highest BCUT2D eigenvalue weighted by Crippen LogP contribution is 2.44. The Morgan fingerprint density at radius 1 is 1.37 bits per heavy atom. The average Bonchev–Trinajstić information content (AvgIpc) is 2.98. The Bertz CT molecular complexity index is 441. The minimum Gasteiger partial charge on any atom is -0.396 e. The third-order valence-electron chi connectivity index (χ3n) is 3.34. The molecule has 2 rings (SSSR count). The van der Waals surface area contributed by atoms with Gasteiger partial charge in [0.1, 0.15) is 0 Å². The van der Waals surface area contributed by atoms with Crippen LogP contribution in [0.5, 0.6) is 0 Å². The van der Waals surface area contributed by atoms with Gasteiger partial charge in [-0.1, -0.05) is 6.07 Å². The van der Waals surface area contributed by atoms with Crippen LogP contribution in [0.4, 0.5) is 0 Å². The highest BCUT2D eigenvalue weighted by atomic mass is 32.1. The molecule has 3 N–H and O–H groups in total. The first-order valence-electron chi connectivity index (χ1n) is 6.34. The molecule has 1 aliphatic rings. The zero-order valence-corrected chi connectivity index (χ0v) is 11.5. The molecule has 0 radical (unpaired) electrons. The van der Waals surface area contributed by atoms with Gasteiger partial charge in [0.25, 0.3) is 5.91 Å². The molecule has 1 aromatic rings. The van der Waals surface area contributed by atoms with Gasteiger partial charge in [0.15, 0.2) is 0 Å². The number of rotatable bonds is 7. The molecule has 1 heterocycles. The number of aliphatic hydroxyl groups excluding tert-OH is 1. The first-order chi connectivity index (χ1) is 9.15. The van der Waals surface area contributed by atoms with Crippen molar-refractivity contribution in [3.8, 4) is 0 Å². The Morgan fingerprint density at radius 2 is 2.16 bits per heavy atom. The molecule has 0 aromatic carbocycles. The van der Waals surface area contributed by atoms with E-state index in [1.807, 2.05) is 11.4 Å². The van der Waals surface area contributed by atoms with Gasteiger partial charge in [-0.25, -0.2) is 0 Å². The number of amides is 2. The summed E-state index contributed by atoms with van der Waals surface area (Å²) in [4.78, 5) is 23.8. The predicted octanol–water partition coefficient (Wildman–Crippen LogP) is 0.757. The Balaban J connectivity index is 1.60. The lowest BCUT2D eigenvalue weighted by atomic mass is 10.1. The molecule has 19 heavy (non-hydrogen) atoms. The summed E-state index contributed by atoms with van der Waals surface area (Å²) in [5, 5.41) is 16.5. The van der Waals surface area contributed by atoms with E-state index in [1.54, 1.807) is 6.07 Å². The molecule has 0 atom stereocenters. The van der Waals surface area contributed by atoms with Gasteiger partial charge in [0, 0.05) is 24.9 Å². The first kappa shape index (κ1) is 14.0. The van der Waals surface area contributed by atoms with Gasteiger partial charge in [-0.3, -0.25) is 9.59 Å². The Labute approximate surface area is 116 Å². The molecule has 5 nitrogen and oxygen atoms in total. The molecule has 0 bridgehead atoms. The molecule has 1 saturated carbocycles. The van der Waals surface area contributed by atoms with Gasteiger partial charge in [0.05, 0.1) is 11.5 Å². The number of nitrogens with one attached hydrogen (secondary N) is 2. The van der Waals surface area contributed by atoms with Crippen LogP contribution in [0.25, 0.3) is 0 Å². The van der Waals surface area contributed by atoms with Crippen LogP contribution in [-0.2, 0) is 4.79 Å². The van der Waals surface area contributed by atoms with Gasteiger partial charge in [0.2, 0.25) is 5.91 Å². The predicted molar refractivity (Wildman–Crippen MR) is 73.0 cm³/mol. The van der Waals surface area contributed by atoms with Crippen LogP contribution < -0.4 is 10.6 Å². The van der Waals surface area contributed by atoms with Crippen molar-refractivity contribution in [2.45, 2.75) is 19.3 Å². The maximum Gasteiger partial charge on any atom is 0.261 e. The van der Waals surface area contributed by atoms with Crippen LogP contribution in [-0.4, -0.2) is 36.6 Å². The molecule has 0 aliphatic heterocycles. The lowest BCUT2D eigenvalue weighted by Gasteiger charge is -2.12. The monoisotopic (exact) mass is 282 g/mol. The van der Waals surface area contributed by atoms with Crippen LogP contribution in [0.3, 0.4) is 0 Å². The van der Waals surface area contributed by atoms with E-state index in [1.165, 1.54) is 11.3 Å². The summed E-state index contributed by atoms with van der Waals surface area (Å²) in [5.41, 5.74) is -0.0735. The second-order valence-corrected chi connectivity index (χ2v) is 5.87. The van der Waals surface area contributed by atoms with Crippen molar-refractivity contribution < 1.29 is 14.7 Å². The molecule has 0 unspecified atom stereocenters. The molecule has 1 aliphatic carbocycles. The van der Waals surface area contributed by atoms with Crippen molar-refractivity contribution in [2.75, 3.05) is 19.7 Å². The van der Waals surface area contributed by atoms with Crippen molar-refractivity contribution >= 4 is 23.2 Å². The standard InChI is InChI=1S/C13H18N2O3S/c16-9-13(4-5-13)8-15-11(17)3-6-14-12(18)10-2-1-7-19-10/h1-2,7,16H,3-6,8-9H2,(H,14,18)(H,15,17). The summed E-state index contributed by atoms with van der Waals surface area (Å²) in [7, 11) is 0. The summed E-state index contributed by atoms with van der Waals surface area (Å²) >= 11 is 1.37. The number of thiophene rings is 1. The lowest BCUT2D eigenvalue weighted by molar-refractivity contribution is -0.121. The summed E-state index contributed by atoms with van der Waals surface area (Å²) in [6.07, 6.45) is 2.20. The van der Waals surface area contributed by atoms with Gasteiger partial charge in [-0.15, -0.1) is 11.3 Å². The summed E-state index contributed by atoms with van der Waals surface area (Å²) in [5.74, 6) is -0.233. The normalized spacial score (nSPS) is 15.8. The number of carbonyl (C=O) groups excluding carboxylic acids is 2. The Morgan fingerprint density at radius 3 is 2.74 bits per heavy atom. The Hall–Kier alpha value is -1.40. The average molecular weight is 282 g/mol. The molecular weight excluding hydrogens is 264 g/mol. The fourth-order valence-electron chi connectivity index (χ4n) is 1.73. The fourth-order valence-corrected chi connectivity index (χ4v) is 2.37. The summed E-state index contributed by atoms with van der Waals surface area (Å²) in [6, 6.07) is 3.56. The molecule has 0 spiro atoms. The largest absolute Gasteiger partial charge is 0.396 e. The minimum absolute atomic E-state index is 0.0735. The fraction of sp³-hybridized carbons (Fsp3) is 0.538. The second-order valence-electron chi connectivity index (χ2n) is 4.92. The zero-order valence-electron chi connectivity index (χ0n) is 10.6. The van der Waals surface area contributed by atoms with Crippen LogP contribution in [0, 0.1) is 5.41 Å². The van der Waals surface area contributed by atoms with Gasteiger partial charge >= 0.3 is 0 Å². The second kappa shape index (κ2) is 6.16. The van der Waals surface area contributed by atoms with E-state index in [4.69, 9.17) is 5.11 Å². The number of carbonyl (C=O) groups is 2. The van der Waals surface area contributed by atoms with E-state index in [0.29, 0.717) is 18.0 Å². The van der Waals surface area contributed by atoms with E-state index in [0.717, 1.165) is 12.8 Å². The smallest absolute Gasteiger partial charge is 0.261 e. The van der Waals surface area contributed by atoms with Crippen LogP contribution in [0.2, 0.25) is 0 Å². The number of aliphatic hydroxyl groups is 1. The van der Waals surface area contributed by atoms with Crippen molar-refractivity contribution in [2.24, 2.45) is 5.41 Å². The third kappa shape index (κ3) is 4.04. The van der Waals surface area contributed by atoms with E-state index in [9.17, 15) is 9.59 Å². The van der Waals surface area contributed by atoms with Crippen molar-refractivity contribution in [3.05, 3.63) is 22.4 Å². The highest BCUT2D eigenvalue weighted by Gasteiger charge is 2.41. The zero-order chi connectivity index (χ0) is 13.7. The minimum atomic E-state index is -0.142.